The maximum absolute atomic E-state index is 12.0. The highest BCUT2D eigenvalue weighted by atomic mass is 35.5. The number of ether oxygens (including phenoxy) is 1. The normalized spacial score (nSPS) is 10.4. The fraction of sp³-hybridized carbons (Fsp3) is 0.500. The van der Waals surface area contributed by atoms with Crippen LogP contribution in [0.5, 0.6) is 0 Å². The number of rotatable bonds is 5. The average molecular weight is 257 g/mol. The smallest absolute Gasteiger partial charge is 0.256 e. The van der Waals surface area contributed by atoms with Crippen molar-refractivity contribution in [2.75, 3.05) is 26.8 Å². The summed E-state index contributed by atoms with van der Waals surface area (Å²) in [6, 6.07) is 1.69. The van der Waals surface area contributed by atoms with E-state index in [1.54, 1.807) is 18.0 Å². The number of hydrogen-bond acceptors (Lipinski definition) is 3. The molecule has 0 aliphatic carbocycles. The second kappa shape index (κ2) is 6.57. The van der Waals surface area contributed by atoms with E-state index in [0.29, 0.717) is 30.3 Å². The average Bonchev–Trinajstić information content (AvgIpc) is 2.28. The molecule has 1 heterocycles. The molecule has 0 N–H and O–H groups in total. The topological polar surface area (TPSA) is 42.4 Å². The standard InChI is InChI=1S/C12H17ClN2O2/c1-4-17-6-5-15(3)12(16)10-8-14-9(2)7-11(10)13/h7-8H,4-6H2,1-3H3. The molecule has 0 saturated carbocycles. The van der Waals surface area contributed by atoms with Crippen molar-refractivity contribution in [3.63, 3.8) is 0 Å². The van der Waals surface area contributed by atoms with E-state index in [2.05, 4.69) is 4.98 Å². The second-order valence-electron chi connectivity index (χ2n) is 3.73. The minimum atomic E-state index is -0.137. The number of hydrogen-bond donors (Lipinski definition) is 0. The molecule has 4 nitrogen and oxygen atoms in total. The monoisotopic (exact) mass is 256 g/mol. The lowest BCUT2D eigenvalue weighted by Crippen LogP contribution is -2.30. The fourth-order valence-electron chi connectivity index (χ4n) is 1.34. The lowest BCUT2D eigenvalue weighted by molar-refractivity contribution is 0.0709. The number of aromatic nitrogens is 1. The van der Waals surface area contributed by atoms with Gasteiger partial charge in [-0.05, 0) is 19.9 Å². The van der Waals surface area contributed by atoms with Gasteiger partial charge >= 0.3 is 0 Å². The lowest BCUT2D eigenvalue weighted by Gasteiger charge is -2.17. The Kier molecular flexibility index (Phi) is 5.38. The first-order chi connectivity index (χ1) is 8.06. The Hall–Kier alpha value is -1.13. The molecular weight excluding hydrogens is 240 g/mol. The summed E-state index contributed by atoms with van der Waals surface area (Å²) in [4.78, 5) is 17.7. The largest absolute Gasteiger partial charge is 0.380 e. The van der Waals surface area contributed by atoms with Gasteiger partial charge in [-0.3, -0.25) is 9.78 Å². The number of aryl methyl sites for hydroxylation is 1. The molecule has 1 amide bonds. The number of amides is 1. The highest BCUT2D eigenvalue weighted by Gasteiger charge is 2.15. The first-order valence-electron chi connectivity index (χ1n) is 5.51. The first kappa shape index (κ1) is 13.9. The zero-order chi connectivity index (χ0) is 12.8. The third-order valence-corrected chi connectivity index (χ3v) is 2.66. The number of likely N-dealkylation sites (N-methyl/N-ethyl adjacent to an activating group) is 1. The SMILES string of the molecule is CCOCCN(C)C(=O)c1cnc(C)cc1Cl. The van der Waals surface area contributed by atoms with Crippen LogP contribution in [0, 0.1) is 6.92 Å². The Labute approximate surface area is 107 Å². The molecule has 1 aromatic rings. The second-order valence-corrected chi connectivity index (χ2v) is 4.14. The summed E-state index contributed by atoms with van der Waals surface area (Å²) in [5.74, 6) is -0.137. The number of pyridine rings is 1. The van der Waals surface area contributed by atoms with Gasteiger partial charge in [0.15, 0.2) is 0 Å². The van der Waals surface area contributed by atoms with E-state index in [1.165, 1.54) is 6.20 Å². The fourth-order valence-corrected chi connectivity index (χ4v) is 1.62. The van der Waals surface area contributed by atoms with Crippen molar-refractivity contribution in [1.29, 1.82) is 0 Å². The van der Waals surface area contributed by atoms with Gasteiger partial charge in [0.05, 0.1) is 17.2 Å². The van der Waals surface area contributed by atoms with Gasteiger partial charge in [-0.15, -0.1) is 0 Å². The van der Waals surface area contributed by atoms with E-state index in [-0.39, 0.29) is 5.91 Å². The Morgan fingerprint density at radius 3 is 2.88 bits per heavy atom. The lowest BCUT2D eigenvalue weighted by atomic mass is 10.2. The Bertz CT molecular complexity index is 396. The maximum atomic E-state index is 12.0. The first-order valence-corrected chi connectivity index (χ1v) is 5.89. The maximum Gasteiger partial charge on any atom is 0.256 e. The molecule has 0 spiro atoms. The van der Waals surface area contributed by atoms with Gasteiger partial charge in [0.2, 0.25) is 0 Å². The number of carbonyl (C=O) groups excluding carboxylic acids is 1. The molecule has 0 aliphatic heterocycles. The van der Waals surface area contributed by atoms with Crippen LogP contribution in [0.15, 0.2) is 12.3 Å². The van der Waals surface area contributed by atoms with Crippen molar-refractivity contribution < 1.29 is 9.53 Å². The van der Waals surface area contributed by atoms with Crippen molar-refractivity contribution in [1.82, 2.24) is 9.88 Å². The van der Waals surface area contributed by atoms with Crippen molar-refractivity contribution in [2.24, 2.45) is 0 Å². The quantitative estimate of drug-likeness (QED) is 0.758. The third-order valence-electron chi connectivity index (χ3n) is 2.34. The summed E-state index contributed by atoms with van der Waals surface area (Å²) in [5, 5.41) is 0.436. The zero-order valence-electron chi connectivity index (χ0n) is 10.4. The minimum Gasteiger partial charge on any atom is -0.380 e. The molecule has 0 bridgehead atoms. The van der Waals surface area contributed by atoms with Crippen LogP contribution in [0.1, 0.15) is 23.0 Å². The van der Waals surface area contributed by atoms with Gasteiger partial charge < -0.3 is 9.64 Å². The van der Waals surface area contributed by atoms with Crippen LogP contribution in [0.2, 0.25) is 5.02 Å². The summed E-state index contributed by atoms with van der Waals surface area (Å²) in [6.07, 6.45) is 1.51. The van der Waals surface area contributed by atoms with Gasteiger partial charge in [-0.1, -0.05) is 11.6 Å². The van der Waals surface area contributed by atoms with Crippen LogP contribution in [-0.2, 0) is 4.74 Å². The Morgan fingerprint density at radius 2 is 2.29 bits per heavy atom. The van der Waals surface area contributed by atoms with Gasteiger partial charge in [0.1, 0.15) is 0 Å². The molecule has 0 fully saturated rings. The number of carbonyl (C=O) groups is 1. The summed E-state index contributed by atoms with van der Waals surface area (Å²) in [6.45, 7) is 5.46. The Balaban J connectivity index is 2.68. The predicted octanol–water partition coefficient (Wildman–Crippen LogP) is 2.15. The highest BCUT2D eigenvalue weighted by Crippen LogP contribution is 2.17. The molecule has 17 heavy (non-hydrogen) atoms. The van der Waals surface area contributed by atoms with Crippen LogP contribution in [0.25, 0.3) is 0 Å². The number of nitrogens with zero attached hydrogens (tertiary/aromatic N) is 2. The Morgan fingerprint density at radius 1 is 1.59 bits per heavy atom. The van der Waals surface area contributed by atoms with Crippen LogP contribution in [0.3, 0.4) is 0 Å². The van der Waals surface area contributed by atoms with E-state index < -0.39 is 0 Å². The summed E-state index contributed by atoms with van der Waals surface area (Å²) in [5.41, 5.74) is 1.22. The van der Waals surface area contributed by atoms with Gasteiger partial charge in [-0.2, -0.15) is 0 Å². The van der Waals surface area contributed by atoms with E-state index in [4.69, 9.17) is 16.3 Å². The van der Waals surface area contributed by atoms with E-state index in [9.17, 15) is 4.79 Å². The van der Waals surface area contributed by atoms with Crippen molar-refractivity contribution in [3.8, 4) is 0 Å². The minimum absolute atomic E-state index is 0.137. The molecule has 0 aromatic carbocycles. The molecule has 0 unspecified atom stereocenters. The summed E-state index contributed by atoms with van der Waals surface area (Å²) >= 11 is 6.01. The summed E-state index contributed by atoms with van der Waals surface area (Å²) < 4.78 is 5.20. The molecule has 94 valence electrons. The molecule has 0 aliphatic rings. The molecule has 1 aromatic heterocycles. The van der Waals surface area contributed by atoms with Crippen LogP contribution in [0.4, 0.5) is 0 Å². The van der Waals surface area contributed by atoms with Gasteiger partial charge in [-0.25, -0.2) is 0 Å². The molecule has 0 saturated heterocycles. The highest BCUT2D eigenvalue weighted by molar-refractivity contribution is 6.33. The van der Waals surface area contributed by atoms with Gasteiger partial charge in [0, 0.05) is 32.1 Å². The molecular formula is C12H17ClN2O2. The van der Waals surface area contributed by atoms with Crippen molar-refractivity contribution in [3.05, 3.63) is 28.5 Å². The van der Waals surface area contributed by atoms with Crippen molar-refractivity contribution >= 4 is 17.5 Å². The zero-order valence-corrected chi connectivity index (χ0v) is 11.1. The third kappa shape index (κ3) is 3.98. The van der Waals surface area contributed by atoms with E-state index >= 15 is 0 Å². The van der Waals surface area contributed by atoms with Gasteiger partial charge in [0.25, 0.3) is 5.91 Å². The van der Waals surface area contributed by atoms with E-state index in [0.717, 1.165) is 5.69 Å². The van der Waals surface area contributed by atoms with Crippen LogP contribution in [-0.4, -0.2) is 42.6 Å². The summed E-state index contributed by atoms with van der Waals surface area (Å²) in [7, 11) is 1.72. The van der Waals surface area contributed by atoms with Crippen LogP contribution < -0.4 is 0 Å². The van der Waals surface area contributed by atoms with E-state index in [1.807, 2.05) is 13.8 Å². The number of halogens is 1. The molecule has 1 rings (SSSR count). The molecule has 0 atom stereocenters. The van der Waals surface area contributed by atoms with Crippen molar-refractivity contribution in [2.45, 2.75) is 13.8 Å². The molecule has 5 heteroatoms. The molecule has 0 radical (unpaired) electrons. The predicted molar refractivity (Wildman–Crippen MR) is 67.4 cm³/mol. The van der Waals surface area contributed by atoms with Crippen LogP contribution >= 0.6 is 11.6 Å².